The third-order valence-corrected chi connectivity index (χ3v) is 3.05. The van der Waals surface area contributed by atoms with Crippen LogP contribution in [0.1, 0.15) is 34.2 Å². The van der Waals surface area contributed by atoms with Crippen LogP contribution in [-0.4, -0.2) is 24.0 Å². The molecular weight excluding hydrogens is 293 g/mol. The maximum atomic E-state index is 11.8. The Bertz CT molecular complexity index is 369. The van der Waals surface area contributed by atoms with Gasteiger partial charge in [0, 0.05) is 13.1 Å². The van der Waals surface area contributed by atoms with Crippen molar-refractivity contribution in [2.45, 2.75) is 27.2 Å². The number of halogens is 2. The summed E-state index contributed by atoms with van der Waals surface area (Å²) in [6, 6.07) is 0. The average Bonchev–Trinajstić information content (AvgIpc) is 2.55. The van der Waals surface area contributed by atoms with E-state index in [0.29, 0.717) is 19.0 Å². The van der Waals surface area contributed by atoms with Crippen LogP contribution in [0.25, 0.3) is 0 Å². The lowest BCUT2D eigenvalue weighted by atomic mass is 10.1. The molecule has 0 aliphatic carbocycles. The van der Waals surface area contributed by atoms with Crippen molar-refractivity contribution >= 4 is 42.1 Å². The van der Waals surface area contributed by atoms with Crippen LogP contribution in [-0.2, 0) is 6.42 Å². The van der Waals surface area contributed by atoms with Crippen LogP contribution in [0.4, 0.5) is 0 Å². The number of nitrogens with two attached hydrogens (primary N) is 1. The number of hydrogen-bond donors (Lipinski definition) is 2. The van der Waals surface area contributed by atoms with Crippen LogP contribution in [0.15, 0.2) is 0 Å². The number of nitrogens with zero attached hydrogens (tertiary/aromatic N) is 1. The number of thiazole rings is 1. The Morgan fingerprint density at radius 1 is 1.44 bits per heavy atom. The highest BCUT2D eigenvalue weighted by atomic mass is 35.5. The molecule has 0 aromatic carbocycles. The fourth-order valence-corrected chi connectivity index (χ4v) is 2.30. The Kier molecular flexibility index (Phi) is 10.6. The number of aryl methyl sites for hydroxylation is 1. The van der Waals surface area contributed by atoms with Crippen molar-refractivity contribution in [3.8, 4) is 0 Å². The van der Waals surface area contributed by atoms with Gasteiger partial charge in [-0.2, -0.15) is 0 Å². The van der Waals surface area contributed by atoms with Crippen LogP contribution < -0.4 is 11.1 Å². The highest BCUT2D eigenvalue weighted by Gasteiger charge is 2.16. The van der Waals surface area contributed by atoms with Gasteiger partial charge in [-0.1, -0.05) is 13.8 Å². The van der Waals surface area contributed by atoms with Crippen LogP contribution in [0.5, 0.6) is 0 Å². The Hall–Kier alpha value is -0.360. The number of carbonyl (C=O) groups is 1. The first-order valence-electron chi connectivity index (χ1n) is 5.49. The number of rotatable bonds is 5. The first-order chi connectivity index (χ1) is 7.54. The fraction of sp³-hybridized carbons (Fsp3) is 0.636. The molecular formula is C11H21Cl2N3OS. The zero-order valence-corrected chi connectivity index (χ0v) is 13.3. The highest BCUT2D eigenvalue weighted by molar-refractivity contribution is 7.13. The Morgan fingerprint density at radius 3 is 2.56 bits per heavy atom. The summed E-state index contributed by atoms with van der Waals surface area (Å²) in [5, 5.41) is 3.72. The number of carbonyl (C=O) groups excluding carboxylic acids is 1. The molecule has 0 saturated carbocycles. The molecule has 0 atom stereocenters. The molecule has 0 bridgehead atoms. The number of nitrogens with one attached hydrogen (secondary N) is 1. The number of hydrogen-bond acceptors (Lipinski definition) is 4. The van der Waals surface area contributed by atoms with E-state index in [1.54, 1.807) is 0 Å². The minimum absolute atomic E-state index is 0. The number of aromatic nitrogens is 1. The first kappa shape index (κ1) is 20.0. The molecule has 1 aromatic rings. The van der Waals surface area contributed by atoms with Gasteiger partial charge in [0.1, 0.15) is 4.88 Å². The topological polar surface area (TPSA) is 68.0 Å². The van der Waals surface area contributed by atoms with E-state index in [9.17, 15) is 4.79 Å². The molecule has 0 radical (unpaired) electrons. The van der Waals surface area contributed by atoms with E-state index in [4.69, 9.17) is 5.73 Å². The molecule has 1 rings (SSSR count). The maximum absolute atomic E-state index is 11.8. The second-order valence-electron chi connectivity index (χ2n) is 4.15. The summed E-state index contributed by atoms with van der Waals surface area (Å²) in [6.07, 6.45) is 0.843. The lowest BCUT2D eigenvalue weighted by molar-refractivity contribution is 0.0957. The summed E-state index contributed by atoms with van der Waals surface area (Å²) < 4.78 is 0. The monoisotopic (exact) mass is 313 g/mol. The average molecular weight is 314 g/mol. The molecule has 4 nitrogen and oxygen atoms in total. The van der Waals surface area contributed by atoms with Crippen molar-refractivity contribution in [3.63, 3.8) is 0 Å². The van der Waals surface area contributed by atoms with Gasteiger partial charge in [0.05, 0.1) is 10.7 Å². The molecule has 1 amide bonds. The van der Waals surface area contributed by atoms with Crippen molar-refractivity contribution in [1.29, 1.82) is 0 Å². The molecule has 3 N–H and O–H groups in total. The van der Waals surface area contributed by atoms with Crippen molar-refractivity contribution in [1.82, 2.24) is 10.3 Å². The standard InChI is InChI=1S/C11H19N3OS.2ClH/c1-7(2)6-9-10(16-8(3)14-9)11(15)13-5-4-12;;/h7H,4-6,12H2,1-3H3,(H,13,15);2*1H. The lowest BCUT2D eigenvalue weighted by Crippen LogP contribution is -2.29. The van der Waals surface area contributed by atoms with E-state index in [0.717, 1.165) is 22.0 Å². The smallest absolute Gasteiger partial charge is 0.263 e. The molecule has 1 aromatic heterocycles. The van der Waals surface area contributed by atoms with Crippen molar-refractivity contribution in [2.75, 3.05) is 13.1 Å². The molecule has 1 heterocycles. The highest BCUT2D eigenvalue weighted by Crippen LogP contribution is 2.20. The molecule has 0 spiro atoms. The predicted molar refractivity (Wildman–Crippen MR) is 81.3 cm³/mol. The third-order valence-electron chi connectivity index (χ3n) is 2.04. The zero-order chi connectivity index (χ0) is 12.1. The fourth-order valence-electron chi connectivity index (χ4n) is 1.44. The summed E-state index contributed by atoms with van der Waals surface area (Å²) in [5.74, 6) is 0.453. The third kappa shape index (κ3) is 6.00. The van der Waals surface area contributed by atoms with E-state index in [-0.39, 0.29) is 30.7 Å². The van der Waals surface area contributed by atoms with Gasteiger partial charge >= 0.3 is 0 Å². The molecule has 0 fully saturated rings. The zero-order valence-electron chi connectivity index (χ0n) is 10.9. The van der Waals surface area contributed by atoms with E-state index in [1.807, 2.05) is 6.92 Å². The molecule has 0 unspecified atom stereocenters. The minimum Gasteiger partial charge on any atom is -0.350 e. The van der Waals surface area contributed by atoms with Gasteiger partial charge in [0.2, 0.25) is 0 Å². The maximum Gasteiger partial charge on any atom is 0.263 e. The second-order valence-corrected chi connectivity index (χ2v) is 5.35. The SMILES string of the molecule is Cc1nc(CC(C)C)c(C(=O)NCCN)s1.Cl.Cl. The van der Waals surface area contributed by atoms with E-state index in [1.165, 1.54) is 11.3 Å². The van der Waals surface area contributed by atoms with Crippen LogP contribution in [0.2, 0.25) is 0 Å². The van der Waals surface area contributed by atoms with Crippen molar-refractivity contribution in [3.05, 3.63) is 15.6 Å². The molecule has 0 aliphatic heterocycles. The predicted octanol–water partition coefficient (Wildman–Crippen LogP) is 2.18. The van der Waals surface area contributed by atoms with Gasteiger partial charge in [-0.3, -0.25) is 4.79 Å². The molecule has 106 valence electrons. The van der Waals surface area contributed by atoms with Crippen LogP contribution in [0, 0.1) is 12.8 Å². The Morgan fingerprint density at radius 2 is 2.06 bits per heavy atom. The van der Waals surface area contributed by atoms with Gasteiger partial charge in [-0.05, 0) is 19.3 Å². The van der Waals surface area contributed by atoms with Gasteiger partial charge in [0.15, 0.2) is 0 Å². The summed E-state index contributed by atoms with van der Waals surface area (Å²) in [7, 11) is 0. The Balaban J connectivity index is 0. The van der Waals surface area contributed by atoms with Gasteiger partial charge in [0.25, 0.3) is 5.91 Å². The summed E-state index contributed by atoms with van der Waals surface area (Å²) in [4.78, 5) is 17.0. The van der Waals surface area contributed by atoms with E-state index < -0.39 is 0 Å². The molecule has 18 heavy (non-hydrogen) atoms. The number of amides is 1. The molecule has 0 saturated heterocycles. The summed E-state index contributed by atoms with van der Waals surface area (Å²) in [5.41, 5.74) is 6.26. The van der Waals surface area contributed by atoms with E-state index >= 15 is 0 Å². The quantitative estimate of drug-likeness (QED) is 0.875. The molecule has 0 aliphatic rings. The first-order valence-corrected chi connectivity index (χ1v) is 6.30. The summed E-state index contributed by atoms with van der Waals surface area (Å²) in [6.45, 7) is 7.14. The normalized spacial score (nSPS) is 9.61. The summed E-state index contributed by atoms with van der Waals surface area (Å²) >= 11 is 1.45. The van der Waals surface area contributed by atoms with Gasteiger partial charge in [-0.15, -0.1) is 36.2 Å². The minimum atomic E-state index is -0.0494. The van der Waals surface area contributed by atoms with Crippen molar-refractivity contribution < 1.29 is 4.79 Å². The second kappa shape index (κ2) is 9.55. The van der Waals surface area contributed by atoms with Crippen LogP contribution >= 0.6 is 36.2 Å². The largest absolute Gasteiger partial charge is 0.350 e. The molecule has 7 heteroatoms. The van der Waals surface area contributed by atoms with Crippen molar-refractivity contribution in [2.24, 2.45) is 11.7 Å². The van der Waals surface area contributed by atoms with Crippen LogP contribution in [0.3, 0.4) is 0 Å². The van der Waals surface area contributed by atoms with Gasteiger partial charge in [-0.25, -0.2) is 4.98 Å². The Labute approximate surface area is 125 Å². The van der Waals surface area contributed by atoms with Gasteiger partial charge < -0.3 is 11.1 Å². The lowest BCUT2D eigenvalue weighted by Gasteiger charge is -2.05. The van der Waals surface area contributed by atoms with E-state index in [2.05, 4.69) is 24.1 Å².